The van der Waals surface area contributed by atoms with E-state index in [9.17, 15) is 0 Å². The minimum absolute atomic E-state index is 0.556. The molecule has 0 aliphatic heterocycles. The van der Waals surface area contributed by atoms with E-state index in [2.05, 4.69) is 51.5 Å². The Hall–Kier alpha value is -0.830. The molecule has 21 heavy (non-hydrogen) atoms. The minimum Gasteiger partial charge on any atom is -0.314 e. The maximum absolute atomic E-state index is 4.89. The monoisotopic (exact) mass is 291 g/mol. The molecule has 1 saturated carbocycles. The van der Waals surface area contributed by atoms with Gasteiger partial charge in [-0.25, -0.2) is 0 Å². The Bertz CT molecular complexity index is 451. The van der Waals surface area contributed by atoms with Gasteiger partial charge in [-0.2, -0.15) is 5.10 Å². The topological polar surface area (TPSA) is 29.9 Å². The molecule has 1 N–H and O–H groups in total. The van der Waals surface area contributed by atoms with Crippen LogP contribution >= 0.6 is 0 Å². The molecule has 1 aromatic rings. The zero-order valence-corrected chi connectivity index (χ0v) is 14.7. The summed E-state index contributed by atoms with van der Waals surface area (Å²) in [4.78, 5) is 0. The third-order valence-corrected chi connectivity index (χ3v) is 4.90. The van der Waals surface area contributed by atoms with Crippen LogP contribution < -0.4 is 5.32 Å². The maximum atomic E-state index is 4.89. The lowest BCUT2D eigenvalue weighted by atomic mass is 9.80. The lowest BCUT2D eigenvalue weighted by Crippen LogP contribution is -2.25. The third-order valence-electron chi connectivity index (χ3n) is 4.90. The van der Waals surface area contributed by atoms with E-state index in [4.69, 9.17) is 5.10 Å². The Kier molecular flexibility index (Phi) is 5.48. The van der Waals surface area contributed by atoms with Gasteiger partial charge in [0.25, 0.3) is 0 Å². The fourth-order valence-electron chi connectivity index (χ4n) is 4.00. The van der Waals surface area contributed by atoms with Gasteiger partial charge in [0.05, 0.1) is 11.7 Å². The zero-order chi connectivity index (χ0) is 15.6. The van der Waals surface area contributed by atoms with Crippen molar-refractivity contribution in [1.29, 1.82) is 0 Å². The minimum atomic E-state index is 0.556. The SMILES string of the molecule is Cc1nn(C2CC(C)CC(C)C2)c(C)c1CCNC(C)C. The number of rotatable bonds is 5. The molecule has 0 saturated heterocycles. The number of hydrogen-bond acceptors (Lipinski definition) is 2. The van der Waals surface area contributed by atoms with Crippen LogP contribution in [0.1, 0.15) is 70.0 Å². The summed E-state index contributed by atoms with van der Waals surface area (Å²) in [7, 11) is 0. The van der Waals surface area contributed by atoms with Crippen molar-refractivity contribution in [3.05, 3.63) is 17.0 Å². The summed E-state index contributed by atoms with van der Waals surface area (Å²) in [6, 6.07) is 1.16. The van der Waals surface area contributed by atoms with Gasteiger partial charge in [-0.3, -0.25) is 4.68 Å². The Labute approximate surface area is 130 Å². The number of hydrogen-bond donors (Lipinski definition) is 1. The average molecular weight is 291 g/mol. The number of nitrogens with one attached hydrogen (secondary N) is 1. The lowest BCUT2D eigenvalue weighted by molar-refractivity contribution is 0.207. The molecule has 2 atom stereocenters. The van der Waals surface area contributed by atoms with Gasteiger partial charge in [0.1, 0.15) is 0 Å². The highest BCUT2D eigenvalue weighted by Crippen LogP contribution is 2.36. The van der Waals surface area contributed by atoms with Gasteiger partial charge in [0, 0.05) is 11.7 Å². The van der Waals surface area contributed by atoms with Crippen LogP contribution in [0.25, 0.3) is 0 Å². The van der Waals surface area contributed by atoms with Crippen LogP contribution in [0.4, 0.5) is 0 Å². The van der Waals surface area contributed by atoms with Crippen molar-refractivity contribution in [2.24, 2.45) is 11.8 Å². The molecule has 0 aromatic carbocycles. The van der Waals surface area contributed by atoms with E-state index in [1.807, 2.05) is 0 Å². The van der Waals surface area contributed by atoms with Gasteiger partial charge in [0.15, 0.2) is 0 Å². The van der Waals surface area contributed by atoms with Crippen molar-refractivity contribution in [1.82, 2.24) is 15.1 Å². The summed E-state index contributed by atoms with van der Waals surface area (Å²) in [5.74, 6) is 1.66. The van der Waals surface area contributed by atoms with E-state index in [0.717, 1.165) is 24.8 Å². The second-order valence-corrected chi connectivity index (χ2v) is 7.52. The van der Waals surface area contributed by atoms with Crippen LogP contribution in [0.5, 0.6) is 0 Å². The quantitative estimate of drug-likeness (QED) is 0.887. The summed E-state index contributed by atoms with van der Waals surface area (Å²) in [5, 5.41) is 8.40. The van der Waals surface area contributed by atoms with Gasteiger partial charge >= 0.3 is 0 Å². The first-order chi connectivity index (χ1) is 9.88. The van der Waals surface area contributed by atoms with Crippen LogP contribution in [0, 0.1) is 25.7 Å². The molecule has 2 unspecified atom stereocenters. The van der Waals surface area contributed by atoms with Crippen LogP contribution in [0.15, 0.2) is 0 Å². The number of aryl methyl sites for hydroxylation is 1. The van der Waals surface area contributed by atoms with Crippen molar-refractivity contribution in [3.8, 4) is 0 Å². The largest absolute Gasteiger partial charge is 0.314 e. The first-order valence-corrected chi connectivity index (χ1v) is 8.66. The molecular formula is C18H33N3. The third kappa shape index (κ3) is 4.09. The zero-order valence-electron chi connectivity index (χ0n) is 14.7. The Morgan fingerprint density at radius 2 is 1.76 bits per heavy atom. The van der Waals surface area contributed by atoms with Gasteiger partial charge in [-0.15, -0.1) is 0 Å². The van der Waals surface area contributed by atoms with E-state index in [1.165, 1.54) is 36.2 Å². The van der Waals surface area contributed by atoms with E-state index >= 15 is 0 Å². The van der Waals surface area contributed by atoms with E-state index in [0.29, 0.717) is 12.1 Å². The summed E-state index contributed by atoms with van der Waals surface area (Å²) in [5.41, 5.74) is 4.07. The standard InChI is InChI=1S/C18H33N3/c1-12(2)19-8-7-18-15(5)20-21(16(18)6)17-10-13(3)9-14(4)11-17/h12-14,17,19H,7-11H2,1-6H3. The Morgan fingerprint density at radius 3 is 2.33 bits per heavy atom. The van der Waals surface area contributed by atoms with Crippen molar-refractivity contribution in [2.75, 3.05) is 6.54 Å². The predicted octanol–water partition coefficient (Wildman–Crippen LogP) is 4.04. The van der Waals surface area contributed by atoms with Gasteiger partial charge < -0.3 is 5.32 Å². The summed E-state index contributed by atoms with van der Waals surface area (Å²) < 4.78 is 2.34. The van der Waals surface area contributed by atoms with Crippen molar-refractivity contribution in [2.45, 2.75) is 79.3 Å². The van der Waals surface area contributed by atoms with E-state index in [-0.39, 0.29) is 0 Å². The normalized spacial score (nSPS) is 26.5. The summed E-state index contributed by atoms with van der Waals surface area (Å²) in [6.07, 6.45) is 5.04. The van der Waals surface area contributed by atoms with E-state index < -0.39 is 0 Å². The number of nitrogens with zero attached hydrogens (tertiary/aromatic N) is 2. The maximum Gasteiger partial charge on any atom is 0.0629 e. The Morgan fingerprint density at radius 1 is 1.14 bits per heavy atom. The van der Waals surface area contributed by atoms with Crippen LogP contribution in [0.3, 0.4) is 0 Å². The molecule has 1 fully saturated rings. The highest BCUT2D eigenvalue weighted by molar-refractivity contribution is 5.25. The van der Waals surface area contributed by atoms with Crippen LogP contribution in [-0.2, 0) is 6.42 Å². The van der Waals surface area contributed by atoms with Gasteiger partial charge in [-0.1, -0.05) is 27.7 Å². The molecule has 3 nitrogen and oxygen atoms in total. The molecule has 1 aliphatic carbocycles. The highest BCUT2D eigenvalue weighted by Gasteiger charge is 2.27. The molecule has 0 amide bonds. The van der Waals surface area contributed by atoms with E-state index in [1.54, 1.807) is 0 Å². The fraction of sp³-hybridized carbons (Fsp3) is 0.833. The molecule has 0 bridgehead atoms. The molecule has 0 spiro atoms. The molecule has 3 heteroatoms. The second kappa shape index (κ2) is 6.95. The fourth-order valence-corrected chi connectivity index (χ4v) is 4.00. The number of aromatic nitrogens is 2. The molecule has 1 aliphatic rings. The molecular weight excluding hydrogens is 258 g/mol. The second-order valence-electron chi connectivity index (χ2n) is 7.52. The van der Waals surface area contributed by atoms with Crippen molar-refractivity contribution >= 4 is 0 Å². The predicted molar refractivity (Wildman–Crippen MR) is 89.8 cm³/mol. The first kappa shape index (κ1) is 16.5. The smallest absolute Gasteiger partial charge is 0.0629 e. The van der Waals surface area contributed by atoms with Crippen molar-refractivity contribution < 1.29 is 0 Å². The molecule has 1 aromatic heterocycles. The average Bonchev–Trinajstić information content (AvgIpc) is 2.65. The van der Waals surface area contributed by atoms with Crippen molar-refractivity contribution in [3.63, 3.8) is 0 Å². The highest BCUT2D eigenvalue weighted by atomic mass is 15.3. The summed E-state index contributed by atoms with van der Waals surface area (Å²) >= 11 is 0. The van der Waals surface area contributed by atoms with Gasteiger partial charge in [-0.05, 0) is 63.5 Å². The lowest BCUT2D eigenvalue weighted by Gasteiger charge is -2.32. The van der Waals surface area contributed by atoms with Crippen LogP contribution in [0.2, 0.25) is 0 Å². The van der Waals surface area contributed by atoms with Gasteiger partial charge in [0.2, 0.25) is 0 Å². The molecule has 2 rings (SSSR count). The molecule has 0 radical (unpaired) electrons. The first-order valence-electron chi connectivity index (χ1n) is 8.66. The molecule has 1 heterocycles. The molecule has 120 valence electrons. The van der Waals surface area contributed by atoms with Crippen LogP contribution in [-0.4, -0.2) is 22.4 Å². The Balaban J connectivity index is 2.10. The summed E-state index contributed by atoms with van der Waals surface area (Å²) in [6.45, 7) is 14.7.